The molecular formula is C11H14N4. The Hall–Kier alpha value is -1.60. The fourth-order valence-electron chi connectivity index (χ4n) is 1.75. The third-order valence-electron chi connectivity index (χ3n) is 2.62. The fraction of sp³-hybridized carbons (Fsp3) is 0.455. The topological polar surface area (TPSA) is 60.7 Å². The maximum absolute atomic E-state index is 8.77. The Kier molecular flexibility index (Phi) is 2.84. The molecule has 1 unspecified atom stereocenters. The molecule has 1 aromatic heterocycles. The minimum absolute atomic E-state index is 0.463. The molecule has 1 fully saturated rings. The van der Waals surface area contributed by atoms with E-state index in [1.54, 1.807) is 0 Å². The Labute approximate surface area is 89.3 Å². The first-order valence-corrected chi connectivity index (χ1v) is 5.14. The molecule has 0 aliphatic carbocycles. The number of aromatic nitrogens is 1. The van der Waals surface area contributed by atoms with Crippen molar-refractivity contribution in [3.05, 3.63) is 23.4 Å². The summed E-state index contributed by atoms with van der Waals surface area (Å²) in [7, 11) is 0. The van der Waals surface area contributed by atoms with Crippen molar-refractivity contribution in [2.75, 3.05) is 18.4 Å². The van der Waals surface area contributed by atoms with E-state index in [1.165, 1.54) is 0 Å². The van der Waals surface area contributed by atoms with E-state index in [9.17, 15) is 0 Å². The molecule has 2 N–H and O–H groups in total. The van der Waals surface area contributed by atoms with E-state index >= 15 is 0 Å². The lowest BCUT2D eigenvalue weighted by Crippen LogP contribution is -2.22. The van der Waals surface area contributed by atoms with Gasteiger partial charge in [-0.15, -0.1) is 0 Å². The Bertz CT molecular complexity index is 388. The number of rotatable bonds is 2. The summed E-state index contributed by atoms with van der Waals surface area (Å²) in [5.74, 6) is 0.861. The smallest absolute Gasteiger partial charge is 0.126 e. The number of hydrogen-bond donors (Lipinski definition) is 2. The number of nitrogens with zero attached hydrogens (tertiary/aromatic N) is 2. The quantitative estimate of drug-likeness (QED) is 0.752. The molecule has 0 amide bonds. The van der Waals surface area contributed by atoms with Gasteiger partial charge in [-0.25, -0.2) is 4.98 Å². The highest BCUT2D eigenvalue weighted by Crippen LogP contribution is 2.12. The van der Waals surface area contributed by atoms with Crippen LogP contribution in [0.15, 0.2) is 12.1 Å². The van der Waals surface area contributed by atoms with Gasteiger partial charge in [0.05, 0.1) is 11.3 Å². The number of anilines is 1. The van der Waals surface area contributed by atoms with Crippen molar-refractivity contribution in [1.29, 1.82) is 5.26 Å². The average molecular weight is 202 g/mol. The normalized spacial score (nSPS) is 19.9. The molecule has 1 aliphatic heterocycles. The van der Waals surface area contributed by atoms with Crippen LogP contribution in [0.5, 0.6) is 0 Å². The molecule has 0 aromatic carbocycles. The molecule has 4 nitrogen and oxygen atoms in total. The number of hydrogen-bond acceptors (Lipinski definition) is 4. The Balaban J connectivity index is 2.09. The van der Waals surface area contributed by atoms with Crippen molar-refractivity contribution in [2.24, 2.45) is 0 Å². The van der Waals surface area contributed by atoms with Crippen LogP contribution in [0.3, 0.4) is 0 Å². The highest BCUT2D eigenvalue weighted by atomic mass is 15.1. The highest BCUT2D eigenvalue weighted by Gasteiger charge is 2.14. The average Bonchev–Trinajstić information content (AvgIpc) is 2.71. The first-order chi connectivity index (χ1) is 7.29. The van der Waals surface area contributed by atoms with Crippen molar-refractivity contribution < 1.29 is 0 Å². The van der Waals surface area contributed by atoms with Gasteiger partial charge in [-0.1, -0.05) is 0 Å². The summed E-state index contributed by atoms with van der Waals surface area (Å²) < 4.78 is 0. The first-order valence-electron chi connectivity index (χ1n) is 5.14. The van der Waals surface area contributed by atoms with Gasteiger partial charge in [-0.05, 0) is 32.0 Å². The van der Waals surface area contributed by atoms with Gasteiger partial charge >= 0.3 is 0 Å². The largest absolute Gasteiger partial charge is 0.366 e. The molecule has 2 rings (SSSR count). The summed E-state index contributed by atoms with van der Waals surface area (Å²) in [6, 6.07) is 6.25. The number of nitrogens with one attached hydrogen (secondary N) is 2. The maximum atomic E-state index is 8.77. The zero-order valence-corrected chi connectivity index (χ0v) is 8.75. The van der Waals surface area contributed by atoms with Crippen molar-refractivity contribution in [1.82, 2.24) is 10.3 Å². The number of nitriles is 1. The monoisotopic (exact) mass is 202 g/mol. The molecule has 0 bridgehead atoms. The Morgan fingerprint density at radius 1 is 1.60 bits per heavy atom. The molecule has 15 heavy (non-hydrogen) atoms. The molecule has 4 heteroatoms. The summed E-state index contributed by atoms with van der Waals surface area (Å²) in [6.07, 6.45) is 1.13. The minimum atomic E-state index is 0.463. The van der Waals surface area contributed by atoms with Crippen LogP contribution in [0.4, 0.5) is 5.82 Å². The van der Waals surface area contributed by atoms with Crippen molar-refractivity contribution in [3.63, 3.8) is 0 Å². The fourth-order valence-corrected chi connectivity index (χ4v) is 1.75. The van der Waals surface area contributed by atoms with Crippen LogP contribution in [-0.2, 0) is 0 Å². The van der Waals surface area contributed by atoms with Gasteiger partial charge in [0.1, 0.15) is 11.9 Å². The number of pyridine rings is 1. The second-order valence-electron chi connectivity index (χ2n) is 3.78. The van der Waals surface area contributed by atoms with Crippen LogP contribution in [0.2, 0.25) is 0 Å². The molecule has 0 spiro atoms. The minimum Gasteiger partial charge on any atom is -0.366 e. The molecule has 0 radical (unpaired) electrons. The van der Waals surface area contributed by atoms with Gasteiger partial charge in [-0.2, -0.15) is 5.26 Å². The lowest BCUT2D eigenvalue weighted by molar-refractivity contribution is 0.787. The third kappa shape index (κ3) is 2.25. The number of aryl methyl sites for hydroxylation is 1. The van der Waals surface area contributed by atoms with Gasteiger partial charge in [-0.3, -0.25) is 0 Å². The molecular weight excluding hydrogens is 188 g/mol. The van der Waals surface area contributed by atoms with Crippen LogP contribution in [0, 0.1) is 18.3 Å². The summed E-state index contributed by atoms with van der Waals surface area (Å²) >= 11 is 0. The third-order valence-corrected chi connectivity index (χ3v) is 2.62. The van der Waals surface area contributed by atoms with E-state index in [0.29, 0.717) is 11.6 Å². The van der Waals surface area contributed by atoms with Crippen LogP contribution in [0.1, 0.15) is 17.7 Å². The second-order valence-corrected chi connectivity index (χ2v) is 3.78. The standard InChI is InChI=1S/C11H14N4/c1-8-9(6-12)2-3-11(14-8)15-10-4-5-13-7-10/h2-3,10,13H,4-5,7H2,1H3,(H,14,15). The van der Waals surface area contributed by atoms with Crippen molar-refractivity contribution in [3.8, 4) is 6.07 Å². The Morgan fingerprint density at radius 3 is 3.07 bits per heavy atom. The maximum Gasteiger partial charge on any atom is 0.126 e. The molecule has 78 valence electrons. The van der Waals surface area contributed by atoms with Gasteiger partial charge in [0, 0.05) is 12.6 Å². The zero-order chi connectivity index (χ0) is 10.7. The molecule has 0 saturated carbocycles. The van der Waals surface area contributed by atoms with Gasteiger partial charge in [0.2, 0.25) is 0 Å². The van der Waals surface area contributed by atoms with Gasteiger partial charge in [0.15, 0.2) is 0 Å². The zero-order valence-electron chi connectivity index (χ0n) is 8.75. The molecule has 1 aliphatic rings. The molecule has 1 atom stereocenters. The lowest BCUT2D eigenvalue weighted by atomic mass is 10.2. The Morgan fingerprint density at radius 2 is 2.47 bits per heavy atom. The molecule has 1 aromatic rings. The molecule has 1 saturated heterocycles. The van der Waals surface area contributed by atoms with E-state index in [4.69, 9.17) is 5.26 Å². The summed E-state index contributed by atoms with van der Waals surface area (Å²) in [5.41, 5.74) is 1.43. The van der Waals surface area contributed by atoms with Crippen molar-refractivity contribution in [2.45, 2.75) is 19.4 Å². The van der Waals surface area contributed by atoms with E-state index in [0.717, 1.165) is 31.0 Å². The van der Waals surface area contributed by atoms with Crippen LogP contribution in [0.25, 0.3) is 0 Å². The van der Waals surface area contributed by atoms with Crippen molar-refractivity contribution >= 4 is 5.82 Å². The predicted molar refractivity (Wildman–Crippen MR) is 58.6 cm³/mol. The summed E-state index contributed by atoms with van der Waals surface area (Å²) in [5, 5.41) is 15.4. The second kappa shape index (κ2) is 4.28. The summed E-state index contributed by atoms with van der Waals surface area (Å²) in [4.78, 5) is 4.35. The SMILES string of the molecule is Cc1nc(NC2CCNC2)ccc1C#N. The van der Waals surface area contributed by atoms with Gasteiger partial charge in [0.25, 0.3) is 0 Å². The van der Waals surface area contributed by atoms with E-state index in [2.05, 4.69) is 21.7 Å². The summed E-state index contributed by atoms with van der Waals surface area (Å²) in [6.45, 7) is 3.91. The lowest BCUT2D eigenvalue weighted by Gasteiger charge is -2.12. The van der Waals surface area contributed by atoms with E-state index in [-0.39, 0.29) is 0 Å². The highest BCUT2D eigenvalue weighted by molar-refractivity contribution is 5.43. The van der Waals surface area contributed by atoms with Crippen LogP contribution in [-0.4, -0.2) is 24.1 Å². The van der Waals surface area contributed by atoms with E-state index in [1.807, 2.05) is 19.1 Å². The molecule has 2 heterocycles. The van der Waals surface area contributed by atoms with E-state index < -0.39 is 0 Å². The first kappa shape index (κ1) is 9.94. The van der Waals surface area contributed by atoms with Crippen LogP contribution >= 0.6 is 0 Å². The van der Waals surface area contributed by atoms with Gasteiger partial charge < -0.3 is 10.6 Å². The predicted octanol–water partition coefficient (Wildman–Crippen LogP) is 1.04. The van der Waals surface area contributed by atoms with Crippen LogP contribution < -0.4 is 10.6 Å².